The van der Waals surface area contributed by atoms with Gasteiger partial charge in [0.1, 0.15) is 5.82 Å². The van der Waals surface area contributed by atoms with E-state index in [4.69, 9.17) is 5.84 Å². The molecule has 2 aromatic rings. The van der Waals surface area contributed by atoms with Gasteiger partial charge in [-0.25, -0.2) is 15.8 Å². The first kappa shape index (κ1) is 10.5. The summed E-state index contributed by atoms with van der Waals surface area (Å²) in [6.45, 7) is 2.04. The lowest BCUT2D eigenvalue weighted by Crippen LogP contribution is -2.10. The molecule has 2 heterocycles. The molecule has 2 rings (SSSR count). The number of nitrogens with two attached hydrogens (primary N) is 1. The van der Waals surface area contributed by atoms with Gasteiger partial charge >= 0.3 is 0 Å². The number of nitrogens with zero attached hydrogens (tertiary/aromatic N) is 3. The third-order valence-corrected chi connectivity index (χ3v) is 2.23. The Hall–Kier alpha value is -2.01. The lowest BCUT2D eigenvalue weighted by Gasteiger charge is -2.06. The second kappa shape index (κ2) is 4.67. The Balaban J connectivity index is 2.48. The van der Waals surface area contributed by atoms with Crippen molar-refractivity contribution in [2.45, 2.75) is 13.3 Å². The molecule has 0 atom stereocenters. The lowest BCUT2D eigenvalue weighted by molar-refractivity contribution is 1.00. The van der Waals surface area contributed by atoms with Gasteiger partial charge in [0.05, 0.1) is 0 Å². The third-order valence-electron chi connectivity index (χ3n) is 2.23. The number of hydrogen-bond donors (Lipinski definition) is 2. The second-order valence-corrected chi connectivity index (χ2v) is 3.30. The van der Waals surface area contributed by atoms with E-state index in [1.807, 2.05) is 25.1 Å². The zero-order chi connectivity index (χ0) is 11.4. The molecular weight excluding hydrogens is 202 g/mol. The van der Waals surface area contributed by atoms with E-state index in [9.17, 15) is 0 Å². The van der Waals surface area contributed by atoms with Crippen molar-refractivity contribution in [2.75, 3.05) is 5.43 Å². The van der Waals surface area contributed by atoms with Crippen molar-refractivity contribution in [1.29, 1.82) is 0 Å². The van der Waals surface area contributed by atoms with Gasteiger partial charge in [0.2, 0.25) is 0 Å². The summed E-state index contributed by atoms with van der Waals surface area (Å²) < 4.78 is 0. The molecule has 0 unspecified atom stereocenters. The summed E-state index contributed by atoms with van der Waals surface area (Å²) in [5.41, 5.74) is 4.43. The summed E-state index contributed by atoms with van der Waals surface area (Å²) in [4.78, 5) is 12.7. The van der Waals surface area contributed by atoms with Gasteiger partial charge in [0.15, 0.2) is 5.82 Å². The maximum absolute atomic E-state index is 5.37. The molecule has 3 N–H and O–H groups in total. The van der Waals surface area contributed by atoms with Crippen LogP contribution in [0.3, 0.4) is 0 Å². The molecule has 0 spiro atoms. The van der Waals surface area contributed by atoms with Crippen LogP contribution in [0, 0.1) is 0 Å². The maximum atomic E-state index is 5.37. The quantitative estimate of drug-likeness (QED) is 0.597. The summed E-state index contributed by atoms with van der Waals surface area (Å²) in [5, 5.41) is 0. The molecule has 0 aliphatic rings. The SMILES string of the molecule is CCc1cc(NN)nc(-c2ccncc2)n1. The first-order chi connectivity index (χ1) is 7.83. The number of nitrogens with one attached hydrogen (secondary N) is 1. The van der Waals surface area contributed by atoms with Gasteiger partial charge in [-0.05, 0) is 18.6 Å². The molecule has 5 heteroatoms. The van der Waals surface area contributed by atoms with E-state index in [0.717, 1.165) is 17.7 Å². The molecule has 0 aromatic carbocycles. The van der Waals surface area contributed by atoms with Crippen LogP contribution in [0.2, 0.25) is 0 Å². The Morgan fingerprint density at radius 1 is 1.25 bits per heavy atom. The number of nitrogen functional groups attached to an aromatic ring is 1. The molecule has 0 saturated carbocycles. The molecular formula is C11H13N5. The van der Waals surface area contributed by atoms with E-state index in [2.05, 4.69) is 20.4 Å². The summed E-state index contributed by atoms with van der Waals surface area (Å²) in [5.74, 6) is 6.65. The normalized spacial score (nSPS) is 10.1. The topological polar surface area (TPSA) is 76.7 Å². The summed E-state index contributed by atoms with van der Waals surface area (Å²) in [7, 11) is 0. The number of aromatic nitrogens is 3. The zero-order valence-corrected chi connectivity index (χ0v) is 9.01. The smallest absolute Gasteiger partial charge is 0.161 e. The Morgan fingerprint density at radius 2 is 2.00 bits per heavy atom. The minimum absolute atomic E-state index is 0.624. The van der Waals surface area contributed by atoms with Crippen LogP contribution in [0.4, 0.5) is 5.82 Å². The van der Waals surface area contributed by atoms with Crippen molar-refractivity contribution in [2.24, 2.45) is 5.84 Å². The fourth-order valence-corrected chi connectivity index (χ4v) is 1.38. The molecule has 5 nitrogen and oxygen atoms in total. The average Bonchev–Trinajstić information content (AvgIpc) is 2.39. The van der Waals surface area contributed by atoms with Crippen molar-refractivity contribution in [3.8, 4) is 11.4 Å². The van der Waals surface area contributed by atoms with Crippen LogP contribution in [0.25, 0.3) is 11.4 Å². The molecule has 2 aromatic heterocycles. The van der Waals surface area contributed by atoms with Crippen molar-refractivity contribution in [1.82, 2.24) is 15.0 Å². The number of pyridine rings is 1. The molecule has 0 fully saturated rings. The van der Waals surface area contributed by atoms with E-state index in [0.29, 0.717) is 11.6 Å². The minimum Gasteiger partial charge on any atom is -0.308 e. The molecule has 0 aliphatic heterocycles. The van der Waals surface area contributed by atoms with Gasteiger partial charge in [0.25, 0.3) is 0 Å². The number of aryl methyl sites for hydroxylation is 1. The summed E-state index contributed by atoms with van der Waals surface area (Å²) in [6, 6.07) is 5.58. The predicted octanol–water partition coefficient (Wildman–Crippen LogP) is 1.39. The van der Waals surface area contributed by atoms with Crippen molar-refractivity contribution < 1.29 is 0 Å². The minimum atomic E-state index is 0.624. The van der Waals surface area contributed by atoms with E-state index in [-0.39, 0.29) is 0 Å². The third kappa shape index (κ3) is 2.14. The standard InChI is InChI=1S/C11H13N5/c1-2-9-7-10(16-12)15-11(14-9)8-3-5-13-6-4-8/h3-7H,2,12H2,1H3,(H,14,15,16). The van der Waals surface area contributed by atoms with Crippen molar-refractivity contribution in [3.05, 3.63) is 36.3 Å². The van der Waals surface area contributed by atoms with Gasteiger partial charge in [-0.15, -0.1) is 0 Å². The average molecular weight is 215 g/mol. The predicted molar refractivity (Wildman–Crippen MR) is 62.5 cm³/mol. The highest BCUT2D eigenvalue weighted by molar-refractivity contribution is 5.56. The van der Waals surface area contributed by atoms with Crippen LogP contribution >= 0.6 is 0 Å². The fraction of sp³-hybridized carbons (Fsp3) is 0.182. The molecule has 82 valence electrons. The summed E-state index contributed by atoms with van der Waals surface area (Å²) in [6.07, 6.45) is 4.27. The molecule has 0 bridgehead atoms. The van der Waals surface area contributed by atoms with E-state index < -0.39 is 0 Å². The van der Waals surface area contributed by atoms with Crippen LogP contribution in [0.5, 0.6) is 0 Å². The Labute approximate surface area is 93.7 Å². The number of rotatable bonds is 3. The van der Waals surface area contributed by atoms with Gasteiger partial charge < -0.3 is 5.43 Å². The molecule has 0 saturated heterocycles. The van der Waals surface area contributed by atoms with E-state index in [1.54, 1.807) is 12.4 Å². The van der Waals surface area contributed by atoms with Crippen molar-refractivity contribution >= 4 is 5.82 Å². The van der Waals surface area contributed by atoms with Crippen LogP contribution in [-0.4, -0.2) is 15.0 Å². The molecule has 0 amide bonds. The molecule has 16 heavy (non-hydrogen) atoms. The molecule has 0 radical (unpaired) electrons. The van der Waals surface area contributed by atoms with Crippen LogP contribution in [0.1, 0.15) is 12.6 Å². The maximum Gasteiger partial charge on any atom is 0.161 e. The van der Waals surface area contributed by atoms with Crippen LogP contribution < -0.4 is 11.3 Å². The lowest BCUT2D eigenvalue weighted by atomic mass is 10.2. The zero-order valence-electron chi connectivity index (χ0n) is 9.01. The van der Waals surface area contributed by atoms with Gasteiger partial charge in [-0.2, -0.15) is 0 Å². The van der Waals surface area contributed by atoms with Gasteiger partial charge in [0, 0.05) is 29.7 Å². The molecule has 0 aliphatic carbocycles. The van der Waals surface area contributed by atoms with Crippen LogP contribution in [-0.2, 0) is 6.42 Å². The van der Waals surface area contributed by atoms with Gasteiger partial charge in [-0.1, -0.05) is 6.92 Å². The first-order valence-corrected chi connectivity index (χ1v) is 5.08. The monoisotopic (exact) mass is 215 g/mol. The van der Waals surface area contributed by atoms with E-state index in [1.165, 1.54) is 0 Å². The highest BCUT2D eigenvalue weighted by atomic mass is 15.3. The Kier molecular flexibility index (Phi) is 3.07. The fourth-order valence-electron chi connectivity index (χ4n) is 1.38. The first-order valence-electron chi connectivity index (χ1n) is 5.08. The number of hydrogen-bond acceptors (Lipinski definition) is 5. The highest BCUT2D eigenvalue weighted by Gasteiger charge is 2.04. The largest absolute Gasteiger partial charge is 0.308 e. The Bertz CT molecular complexity index is 447. The van der Waals surface area contributed by atoms with Gasteiger partial charge in [-0.3, -0.25) is 4.98 Å². The second-order valence-electron chi connectivity index (χ2n) is 3.30. The van der Waals surface area contributed by atoms with E-state index >= 15 is 0 Å². The summed E-state index contributed by atoms with van der Waals surface area (Å²) >= 11 is 0. The highest BCUT2D eigenvalue weighted by Crippen LogP contribution is 2.16. The van der Waals surface area contributed by atoms with Crippen LogP contribution in [0.15, 0.2) is 30.6 Å². The van der Waals surface area contributed by atoms with Crippen molar-refractivity contribution in [3.63, 3.8) is 0 Å². The number of anilines is 1. The number of hydrazine groups is 1. The Morgan fingerprint density at radius 3 is 2.62 bits per heavy atom.